The molecule has 0 spiro atoms. The van der Waals surface area contributed by atoms with Crippen molar-refractivity contribution in [3.05, 3.63) is 53.0 Å². The maximum absolute atomic E-state index is 11.7. The molecule has 0 unspecified atom stereocenters. The van der Waals surface area contributed by atoms with E-state index in [1.54, 1.807) is 6.20 Å². The Morgan fingerprint density at radius 1 is 1.11 bits per heavy atom. The number of carbonyl (C=O) groups is 1. The highest BCUT2D eigenvalue weighted by atomic mass is 32.1. The van der Waals surface area contributed by atoms with E-state index in [4.69, 9.17) is 11.5 Å². The summed E-state index contributed by atoms with van der Waals surface area (Å²) in [6.07, 6.45) is 2.86. The number of nitrogen functional groups attached to an aromatic ring is 1. The highest BCUT2D eigenvalue weighted by Gasteiger charge is 2.22. The second kappa shape index (κ2) is 7.54. The van der Waals surface area contributed by atoms with Crippen LogP contribution in [-0.4, -0.2) is 42.0 Å². The molecule has 27 heavy (non-hydrogen) atoms. The standard InChI is InChI=1S/C20H23N5OS/c21-17-16-15(7-8-23-20(16)27-18(17)19(22)26)25-10-4-9-24(11-12-25)13-14-5-2-1-3-6-14/h1-3,5-8H,4,9-13,21H2,(H2,22,26). The fourth-order valence-electron chi connectivity index (χ4n) is 3.69. The Morgan fingerprint density at radius 3 is 2.70 bits per heavy atom. The normalized spacial score (nSPS) is 15.8. The van der Waals surface area contributed by atoms with Gasteiger partial charge in [0, 0.05) is 38.9 Å². The summed E-state index contributed by atoms with van der Waals surface area (Å²) in [5.41, 5.74) is 14.6. The molecule has 1 aliphatic rings. The highest BCUT2D eigenvalue weighted by molar-refractivity contribution is 7.21. The third-order valence-corrected chi connectivity index (χ3v) is 6.14. The molecule has 0 aliphatic carbocycles. The number of carbonyl (C=O) groups excluding carboxylic acids is 1. The Bertz CT molecular complexity index is 956. The molecule has 7 heteroatoms. The lowest BCUT2D eigenvalue weighted by Gasteiger charge is -2.24. The minimum Gasteiger partial charge on any atom is -0.397 e. The van der Waals surface area contributed by atoms with Gasteiger partial charge in [-0.25, -0.2) is 4.98 Å². The van der Waals surface area contributed by atoms with E-state index in [0.29, 0.717) is 10.6 Å². The quantitative estimate of drug-likeness (QED) is 0.725. The van der Waals surface area contributed by atoms with E-state index in [9.17, 15) is 4.79 Å². The van der Waals surface area contributed by atoms with Gasteiger partial charge in [-0.1, -0.05) is 30.3 Å². The zero-order valence-corrected chi connectivity index (χ0v) is 15.9. The Hall–Kier alpha value is -2.64. The van der Waals surface area contributed by atoms with Gasteiger partial charge in [-0.2, -0.15) is 0 Å². The van der Waals surface area contributed by atoms with Crippen LogP contribution in [0.15, 0.2) is 42.6 Å². The molecule has 1 amide bonds. The van der Waals surface area contributed by atoms with Gasteiger partial charge in [0.1, 0.15) is 9.71 Å². The number of hydrogen-bond donors (Lipinski definition) is 2. The summed E-state index contributed by atoms with van der Waals surface area (Å²) in [6, 6.07) is 12.6. The molecule has 3 heterocycles. The SMILES string of the molecule is NC(=O)c1sc2nccc(N3CCCN(Cc4ccccc4)CC3)c2c1N. The molecule has 1 aromatic carbocycles. The third kappa shape index (κ3) is 3.61. The molecular formula is C20H23N5OS. The molecule has 0 atom stereocenters. The number of primary amides is 1. The number of rotatable bonds is 4. The van der Waals surface area contributed by atoms with Gasteiger partial charge in [-0.05, 0) is 18.1 Å². The second-order valence-electron chi connectivity index (χ2n) is 6.82. The molecule has 140 valence electrons. The van der Waals surface area contributed by atoms with Crippen molar-refractivity contribution < 1.29 is 4.79 Å². The third-order valence-electron chi connectivity index (χ3n) is 5.01. The van der Waals surface area contributed by atoms with Crippen molar-refractivity contribution in [1.82, 2.24) is 9.88 Å². The lowest BCUT2D eigenvalue weighted by molar-refractivity contribution is 0.100. The maximum atomic E-state index is 11.7. The minimum absolute atomic E-state index is 0.394. The molecule has 0 radical (unpaired) electrons. The molecule has 1 fully saturated rings. The Balaban J connectivity index is 1.56. The number of pyridine rings is 1. The van der Waals surface area contributed by atoms with Gasteiger partial charge in [0.05, 0.1) is 16.8 Å². The van der Waals surface area contributed by atoms with Gasteiger partial charge >= 0.3 is 0 Å². The Kier molecular flexibility index (Phi) is 4.96. The van der Waals surface area contributed by atoms with Crippen molar-refractivity contribution in [2.45, 2.75) is 13.0 Å². The largest absolute Gasteiger partial charge is 0.397 e. The van der Waals surface area contributed by atoms with Gasteiger partial charge in [0.15, 0.2) is 0 Å². The van der Waals surface area contributed by atoms with E-state index in [0.717, 1.165) is 55.0 Å². The van der Waals surface area contributed by atoms with Crippen molar-refractivity contribution in [3.8, 4) is 0 Å². The van der Waals surface area contributed by atoms with Crippen LogP contribution in [-0.2, 0) is 6.54 Å². The van der Waals surface area contributed by atoms with Crippen molar-refractivity contribution in [1.29, 1.82) is 0 Å². The average Bonchev–Trinajstić information content (AvgIpc) is 2.86. The van der Waals surface area contributed by atoms with Crippen LogP contribution in [0, 0.1) is 0 Å². The highest BCUT2D eigenvalue weighted by Crippen LogP contribution is 2.38. The van der Waals surface area contributed by atoms with Gasteiger partial charge in [-0.15, -0.1) is 11.3 Å². The minimum atomic E-state index is -0.494. The van der Waals surface area contributed by atoms with Crippen molar-refractivity contribution in [2.24, 2.45) is 5.73 Å². The number of nitrogens with two attached hydrogens (primary N) is 2. The fraction of sp³-hybridized carbons (Fsp3) is 0.300. The predicted octanol–water partition coefficient (Wildman–Crippen LogP) is 2.69. The molecular weight excluding hydrogens is 358 g/mol. The molecule has 0 bridgehead atoms. The monoisotopic (exact) mass is 381 g/mol. The predicted molar refractivity (Wildman–Crippen MR) is 111 cm³/mol. The summed E-state index contributed by atoms with van der Waals surface area (Å²) in [5.74, 6) is -0.494. The Labute approximate surface area is 162 Å². The van der Waals surface area contributed by atoms with E-state index in [-0.39, 0.29) is 0 Å². The number of amides is 1. The molecule has 4 rings (SSSR count). The summed E-state index contributed by atoms with van der Waals surface area (Å²) in [6.45, 7) is 4.86. The smallest absolute Gasteiger partial charge is 0.260 e. The first kappa shape index (κ1) is 17.8. The van der Waals surface area contributed by atoms with Crippen LogP contribution < -0.4 is 16.4 Å². The lowest BCUT2D eigenvalue weighted by Crippen LogP contribution is -2.30. The number of thiophene rings is 1. The molecule has 6 nitrogen and oxygen atoms in total. The zero-order valence-electron chi connectivity index (χ0n) is 15.1. The van der Waals surface area contributed by atoms with Gasteiger partial charge in [0.25, 0.3) is 5.91 Å². The first-order chi connectivity index (χ1) is 13.1. The first-order valence-electron chi connectivity index (χ1n) is 9.11. The van der Waals surface area contributed by atoms with Crippen molar-refractivity contribution >= 4 is 38.8 Å². The van der Waals surface area contributed by atoms with Crippen LogP contribution in [0.25, 0.3) is 10.2 Å². The average molecular weight is 382 g/mol. The van der Waals surface area contributed by atoms with Gasteiger partial charge in [0.2, 0.25) is 0 Å². The van der Waals surface area contributed by atoms with Crippen molar-refractivity contribution in [3.63, 3.8) is 0 Å². The van der Waals surface area contributed by atoms with Crippen LogP contribution in [0.5, 0.6) is 0 Å². The molecule has 0 saturated carbocycles. The van der Waals surface area contributed by atoms with Gasteiger partial charge < -0.3 is 16.4 Å². The first-order valence-corrected chi connectivity index (χ1v) is 9.93. The van der Waals surface area contributed by atoms with E-state index >= 15 is 0 Å². The Morgan fingerprint density at radius 2 is 1.93 bits per heavy atom. The van der Waals surface area contributed by atoms with Crippen LogP contribution >= 0.6 is 11.3 Å². The summed E-state index contributed by atoms with van der Waals surface area (Å²) in [7, 11) is 0. The van der Waals surface area contributed by atoms with Crippen LogP contribution in [0.4, 0.5) is 11.4 Å². The summed E-state index contributed by atoms with van der Waals surface area (Å²) >= 11 is 1.27. The van der Waals surface area contributed by atoms with E-state index in [1.165, 1.54) is 16.9 Å². The van der Waals surface area contributed by atoms with Crippen LogP contribution in [0.3, 0.4) is 0 Å². The van der Waals surface area contributed by atoms with E-state index in [1.807, 2.05) is 12.1 Å². The molecule has 1 saturated heterocycles. The lowest BCUT2D eigenvalue weighted by atomic mass is 10.2. The number of fused-ring (bicyclic) bond motifs is 1. The van der Waals surface area contributed by atoms with Crippen LogP contribution in [0.2, 0.25) is 0 Å². The van der Waals surface area contributed by atoms with Gasteiger partial charge in [-0.3, -0.25) is 9.69 Å². The molecule has 3 aromatic rings. The summed E-state index contributed by atoms with van der Waals surface area (Å²) in [4.78, 5) is 22.0. The topological polar surface area (TPSA) is 88.5 Å². The van der Waals surface area contributed by atoms with E-state index in [2.05, 4.69) is 39.0 Å². The van der Waals surface area contributed by atoms with Crippen LogP contribution in [0.1, 0.15) is 21.7 Å². The van der Waals surface area contributed by atoms with E-state index < -0.39 is 5.91 Å². The van der Waals surface area contributed by atoms with Crippen molar-refractivity contribution in [2.75, 3.05) is 36.8 Å². The molecule has 4 N–H and O–H groups in total. The maximum Gasteiger partial charge on any atom is 0.260 e. The second-order valence-corrected chi connectivity index (χ2v) is 7.82. The summed E-state index contributed by atoms with van der Waals surface area (Å²) in [5, 5.41) is 0.854. The molecule has 1 aliphatic heterocycles. The number of nitrogens with zero attached hydrogens (tertiary/aromatic N) is 3. The number of hydrogen-bond acceptors (Lipinski definition) is 6. The zero-order chi connectivity index (χ0) is 18.8. The number of anilines is 2. The fourth-order valence-corrected chi connectivity index (χ4v) is 4.62. The number of benzene rings is 1. The summed E-state index contributed by atoms with van der Waals surface area (Å²) < 4.78 is 0. The number of aromatic nitrogens is 1. The molecule has 2 aromatic heterocycles.